The number of hydrogen-bond donors (Lipinski definition) is 0. The summed E-state index contributed by atoms with van der Waals surface area (Å²) in [6, 6.07) is 25.9. The first-order valence-corrected chi connectivity index (χ1v) is 21.1. The van der Waals surface area contributed by atoms with E-state index in [0.717, 1.165) is 5.69 Å². The van der Waals surface area contributed by atoms with Crippen LogP contribution in [0.2, 0.25) is 0 Å². The number of Topliss-reactive ketones (excluding diaryl/α,β-unsaturated/α-hetero) is 1. The molecule has 0 bridgehead atoms. The average molecular weight is 1040 g/mol. The molecule has 7 aromatic carbocycles. The number of anilines is 1. The molecule has 0 spiro atoms. The molecule has 0 fully saturated rings. The number of carbonyl (C=O) groups excluding carboxylic acids is 1. The van der Waals surface area contributed by atoms with Gasteiger partial charge in [-0.3, -0.25) is 4.79 Å². The monoisotopic (exact) mass is 1040 g/mol. The SMILES string of the molecule is CN(C)c1ccc(C(=O)C[S+](=O)(c2ccccc2)c2ccccc2)cc1.Fc1c(F)c(F)c([B-](c2c(F)c(F)c(F)c(F)c2F)(c2c(F)c(F)c(F)c(F)c2F)c2c(F)c(F)c(F)c(F)c2F)c(F)c1F. The Morgan fingerprint density at radius 3 is 0.817 bits per heavy atom. The zero-order valence-corrected chi connectivity index (χ0v) is 35.9. The van der Waals surface area contributed by atoms with Gasteiger partial charge in [-0.05, 0) is 48.5 Å². The summed E-state index contributed by atoms with van der Waals surface area (Å²) < 4.78 is 308. The molecule has 0 saturated carbocycles. The molecule has 7 aromatic rings. The maximum absolute atomic E-state index is 15.4. The van der Waals surface area contributed by atoms with Crippen molar-refractivity contribution in [1.29, 1.82) is 0 Å². The van der Waals surface area contributed by atoms with Gasteiger partial charge in [0.1, 0.15) is 52.7 Å². The third-order valence-corrected chi connectivity index (χ3v) is 13.7. The molecule has 0 atom stereocenters. The van der Waals surface area contributed by atoms with Gasteiger partial charge in [-0.25, -0.2) is 87.8 Å². The lowest BCUT2D eigenvalue weighted by molar-refractivity contribution is 0.102. The van der Waals surface area contributed by atoms with Crippen LogP contribution in [-0.2, 0) is 14.1 Å². The summed E-state index contributed by atoms with van der Waals surface area (Å²) in [5, 5.41) is 0. The van der Waals surface area contributed by atoms with Crippen LogP contribution in [0.1, 0.15) is 10.4 Å². The minimum Gasteiger partial charge on any atom is -0.378 e. The lowest BCUT2D eigenvalue weighted by atomic mass is 9.12. The van der Waals surface area contributed by atoms with E-state index in [1.807, 2.05) is 91.8 Å². The Morgan fingerprint density at radius 1 is 0.366 bits per heavy atom. The average Bonchev–Trinajstić information content (AvgIpc) is 3.36. The molecule has 0 unspecified atom stereocenters. The van der Waals surface area contributed by atoms with Gasteiger partial charge in [0.25, 0.3) is 0 Å². The Morgan fingerprint density at radius 2 is 0.592 bits per heavy atom. The normalized spacial score (nSPS) is 11.7. The summed E-state index contributed by atoms with van der Waals surface area (Å²) in [6.45, 7) is 0. The summed E-state index contributed by atoms with van der Waals surface area (Å²) in [6.07, 6.45) is -7.22. The number of carbonyl (C=O) groups is 1. The van der Waals surface area contributed by atoms with Crippen LogP contribution in [0.25, 0.3) is 0 Å². The predicted octanol–water partition coefficient (Wildman–Crippen LogP) is 10.4. The minimum absolute atomic E-state index is 0.0393. The molecule has 0 N–H and O–H groups in total. The van der Waals surface area contributed by atoms with Gasteiger partial charge >= 0.3 is 0 Å². The fourth-order valence-corrected chi connectivity index (χ4v) is 10.0. The molecule has 0 aliphatic heterocycles. The molecule has 3 nitrogen and oxygen atoms in total. The van der Waals surface area contributed by atoms with Crippen LogP contribution < -0.4 is 26.8 Å². The van der Waals surface area contributed by atoms with E-state index in [2.05, 4.69) is 0 Å². The number of rotatable bonds is 10. The van der Waals surface area contributed by atoms with Crippen molar-refractivity contribution in [2.45, 2.75) is 9.79 Å². The molecule has 0 aromatic heterocycles. The fourth-order valence-electron chi connectivity index (χ4n) is 7.67. The van der Waals surface area contributed by atoms with E-state index in [1.54, 1.807) is 12.1 Å². The zero-order valence-electron chi connectivity index (χ0n) is 35.1. The van der Waals surface area contributed by atoms with Gasteiger partial charge in [0, 0.05) is 25.3 Å². The number of ketones is 1. The lowest BCUT2D eigenvalue weighted by Gasteiger charge is -2.44. The highest BCUT2D eigenvalue weighted by Crippen LogP contribution is 2.33. The number of halogens is 20. The van der Waals surface area contributed by atoms with E-state index in [0.29, 0.717) is 15.4 Å². The molecule has 0 amide bonds. The van der Waals surface area contributed by atoms with E-state index in [4.69, 9.17) is 0 Å². The quantitative estimate of drug-likeness (QED) is 0.0342. The minimum atomic E-state index is -7.22. The number of nitrogens with zero attached hydrogens (tertiary/aromatic N) is 1. The van der Waals surface area contributed by atoms with Gasteiger partial charge in [-0.1, -0.05) is 40.6 Å². The lowest BCUT2D eigenvalue weighted by Crippen LogP contribution is -2.81. The first-order valence-electron chi connectivity index (χ1n) is 19.4. The fraction of sp³-hybridized carbons (Fsp3) is 0.0652. The first-order chi connectivity index (χ1) is 33.2. The Hall–Kier alpha value is -7.18. The van der Waals surface area contributed by atoms with Crippen LogP contribution in [0.5, 0.6) is 0 Å². The molecular weight excluding hydrogens is 1020 g/mol. The van der Waals surface area contributed by atoms with Crippen molar-refractivity contribution in [2.24, 2.45) is 0 Å². The van der Waals surface area contributed by atoms with Crippen molar-refractivity contribution in [1.82, 2.24) is 0 Å². The smallest absolute Gasteiger partial charge is 0.212 e. The van der Waals surface area contributed by atoms with Crippen molar-refractivity contribution in [3.63, 3.8) is 0 Å². The van der Waals surface area contributed by atoms with E-state index >= 15 is 35.1 Å². The summed E-state index contributed by atoms with van der Waals surface area (Å²) in [5.41, 5.74) is -12.7. The molecule has 0 radical (unpaired) electrons. The highest BCUT2D eigenvalue weighted by atomic mass is 32.2. The Kier molecular flexibility index (Phi) is 14.9. The molecule has 0 saturated heterocycles. The van der Waals surface area contributed by atoms with E-state index in [-0.39, 0.29) is 11.5 Å². The summed E-state index contributed by atoms with van der Waals surface area (Å²) in [4.78, 5) is 16.2. The number of hydrogen-bond acceptors (Lipinski definition) is 3. The van der Waals surface area contributed by atoms with Crippen LogP contribution in [-0.4, -0.2) is 31.8 Å². The van der Waals surface area contributed by atoms with Crippen molar-refractivity contribution in [3.05, 3.63) is 207 Å². The zero-order chi connectivity index (χ0) is 52.9. The van der Waals surface area contributed by atoms with E-state index < -0.39 is 154 Å². The van der Waals surface area contributed by atoms with Gasteiger partial charge in [-0.15, -0.1) is 21.9 Å². The van der Waals surface area contributed by atoms with Crippen LogP contribution in [0.4, 0.5) is 93.5 Å². The molecule has 0 aliphatic rings. The molecule has 7 rings (SSSR count). The maximum atomic E-state index is 15.4. The second-order valence-electron chi connectivity index (χ2n) is 15.1. The largest absolute Gasteiger partial charge is 0.378 e. The van der Waals surface area contributed by atoms with Crippen LogP contribution in [0.3, 0.4) is 0 Å². The van der Waals surface area contributed by atoms with Crippen LogP contribution in [0, 0.1) is 116 Å². The highest BCUT2D eigenvalue weighted by molar-refractivity contribution is 8.03. The Bertz CT molecular complexity index is 2880. The third kappa shape index (κ3) is 8.66. The van der Waals surface area contributed by atoms with Gasteiger partial charge in [0.05, 0.1) is 0 Å². The van der Waals surface area contributed by atoms with E-state index in [9.17, 15) is 61.7 Å². The Labute approximate surface area is 386 Å². The summed E-state index contributed by atoms with van der Waals surface area (Å²) in [7, 11) is 1.23. The molecular formula is C46H22BF20NO2S. The van der Waals surface area contributed by atoms with Gasteiger partial charge in [0.2, 0.25) is 5.78 Å². The molecule has 25 heteroatoms. The van der Waals surface area contributed by atoms with Gasteiger partial charge < -0.3 is 4.90 Å². The second-order valence-corrected chi connectivity index (χ2v) is 17.7. The van der Waals surface area contributed by atoms with Gasteiger partial charge in [-0.2, -0.15) is 0 Å². The van der Waals surface area contributed by atoms with Crippen LogP contribution >= 0.6 is 0 Å². The molecule has 71 heavy (non-hydrogen) atoms. The van der Waals surface area contributed by atoms with Crippen molar-refractivity contribution >= 4 is 49.4 Å². The maximum Gasteiger partial charge on any atom is 0.212 e. The topological polar surface area (TPSA) is 37.4 Å². The summed E-state index contributed by atoms with van der Waals surface area (Å²) in [5.74, 6) is -71.6. The van der Waals surface area contributed by atoms with E-state index in [1.165, 1.54) is 0 Å². The standard InChI is InChI=1S/C24BF20.C22H22NO2S/c26-5-1(6(27)14(35)21(42)13(5)34)25(2-7(28)15(36)22(43)16(37)8(2)29,3-9(30)17(38)23(44)18(39)10(3)31)4-11(32)19(40)24(45)20(41)12(4)33;1-23(2)19-15-13-18(14-16-19)22(24)17-26(25,20-9-5-3-6-10-20)21-11-7-4-8-12-21/h;3-16H,17H2,1-2H3/q-1;+1. The molecule has 372 valence electrons. The van der Waals surface area contributed by atoms with Crippen molar-refractivity contribution < 1.29 is 96.8 Å². The van der Waals surface area contributed by atoms with Crippen molar-refractivity contribution in [2.75, 3.05) is 24.7 Å². The first kappa shape index (κ1) is 53.2. The van der Waals surface area contributed by atoms with Crippen molar-refractivity contribution in [3.8, 4) is 0 Å². The predicted molar refractivity (Wildman–Crippen MR) is 217 cm³/mol. The van der Waals surface area contributed by atoms with Crippen LogP contribution in [0.15, 0.2) is 94.7 Å². The second kappa shape index (κ2) is 19.9. The van der Waals surface area contributed by atoms with Gasteiger partial charge in [0.15, 0.2) is 95.3 Å². The summed E-state index contributed by atoms with van der Waals surface area (Å²) >= 11 is 0. The molecule has 0 heterocycles. The third-order valence-electron chi connectivity index (χ3n) is 11.0. The molecule has 0 aliphatic carbocycles. The highest BCUT2D eigenvalue weighted by Gasteiger charge is 2.52. The Balaban J connectivity index is 0.000000268. The number of benzene rings is 7.